The first-order valence-electron chi connectivity index (χ1n) is 9.69. The molecule has 156 valence electrons. The van der Waals surface area contributed by atoms with Crippen LogP contribution in [0.25, 0.3) is 0 Å². The minimum atomic E-state index is 0.0609. The number of benzene rings is 2. The fraction of sp³-hybridized carbons (Fsp3) is 0.409. The first-order valence-corrected chi connectivity index (χ1v) is 10.4. The summed E-state index contributed by atoms with van der Waals surface area (Å²) >= 11 is 12.0. The normalized spacial score (nSPS) is 14.5. The van der Waals surface area contributed by atoms with Crippen LogP contribution in [0.3, 0.4) is 0 Å². The molecule has 2 aromatic carbocycles. The van der Waals surface area contributed by atoms with E-state index < -0.39 is 0 Å². The fourth-order valence-electron chi connectivity index (χ4n) is 3.40. The highest BCUT2D eigenvalue weighted by atomic mass is 35.5. The van der Waals surface area contributed by atoms with Crippen molar-refractivity contribution in [3.63, 3.8) is 0 Å². The van der Waals surface area contributed by atoms with Crippen LogP contribution in [0.15, 0.2) is 42.5 Å². The number of likely N-dealkylation sites (tertiary alicyclic amines) is 1. The van der Waals surface area contributed by atoms with Crippen LogP contribution < -0.4 is 4.74 Å². The molecule has 0 aliphatic carbocycles. The summed E-state index contributed by atoms with van der Waals surface area (Å²) in [5.41, 5.74) is 2.11. The van der Waals surface area contributed by atoms with Gasteiger partial charge < -0.3 is 14.7 Å². The Kier molecular flexibility index (Phi) is 7.78. The smallest absolute Gasteiger partial charge is 0.228 e. The molecule has 1 fully saturated rings. The molecular formula is C22H26Cl2N2O3. The number of aliphatic hydroxyl groups is 1. The standard InChI is InChI=1S/C22H26Cl2N2O3/c1-25(7-2-8-27)22(28)18-13-26(14-18)12-16-3-5-21(6-4-16)29-15-17-9-19(23)11-20(24)10-17/h3-6,9-11,18,27H,2,7-8,12-15H2,1H3. The van der Waals surface area contributed by atoms with E-state index in [1.165, 1.54) is 5.56 Å². The molecule has 1 aliphatic heterocycles. The number of ether oxygens (including phenoxy) is 1. The second-order valence-electron chi connectivity index (χ2n) is 7.44. The average Bonchev–Trinajstić information content (AvgIpc) is 2.66. The van der Waals surface area contributed by atoms with E-state index in [9.17, 15) is 4.79 Å². The lowest BCUT2D eigenvalue weighted by Crippen LogP contribution is -2.53. The molecule has 7 heteroatoms. The van der Waals surface area contributed by atoms with Gasteiger partial charge in [0.15, 0.2) is 0 Å². The number of hydrogen-bond donors (Lipinski definition) is 1. The van der Waals surface area contributed by atoms with Gasteiger partial charge in [0.25, 0.3) is 0 Å². The van der Waals surface area contributed by atoms with E-state index in [-0.39, 0.29) is 18.4 Å². The lowest BCUT2D eigenvalue weighted by molar-refractivity contribution is -0.140. The van der Waals surface area contributed by atoms with Gasteiger partial charge in [0.2, 0.25) is 5.91 Å². The summed E-state index contributed by atoms with van der Waals surface area (Å²) in [7, 11) is 1.80. The van der Waals surface area contributed by atoms with E-state index in [1.54, 1.807) is 18.0 Å². The molecule has 0 spiro atoms. The molecule has 0 radical (unpaired) electrons. The molecule has 0 saturated carbocycles. The van der Waals surface area contributed by atoms with Gasteiger partial charge in [-0.3, -0.25) is 9.69 Å². The monoisotopic (exact) mass is 436 g/mol. The lowest BCUT2D eigenvalue weighted by Gasteiger charge is -2.40. The van der Waals surface area contributed by atoms with Gasteiger partial charge in [-0.1, -0.05) is 35.3 Å². The number of aliphatic hydroxyl groups excluding tert-OH is 1. The second kappa shape index (κ2) is 10.3. The van der Waals surface area contributed by atoms with E-state index in [2.05, 4.69) is 4.90 Å². The Morgan fingerprint density at radius 2 is 1.79 bits per heavy atom. The molecule has 0 aromatic heterocycles. The molecule has 1 N–H and O–H groups in total. The largest absolute Gasteiger partial charge is 0.489 e. The Bertz CT molecular complexity index is 803. The van der Waals surface area contributed by atoms with Crippen LogP contribution in [0.1, 0.15) is 17.5 Å². The molecule has 3 rings (SSSR count). The maximum Gasteiger partial charge on any atom is 0.228 e. The molecule has 1 aliphatic rings. The van der Waals surface area contributed by atoms with Crippen molar-refractivity contribution < 1.29 is 14.6 Å². The Morgan fingerprint density at radius 1 is 1.14 bits per heavy atom. The third-order valence-electron chi connectivity index (χ3n) is 4.99. The lowest BCUT2D eigenvalue weighted by atomic mass is 9.97. The molecule has 0 bridgehead atoms. The van der Waals surface area contributed by atoms with E-state index in [1.807, 2.05) is 36.4 Å². The average molecular weight is 437 g/mol. The highest BCUT2D eigenvalue weighted by molar-refractivity contribution is 6.34. The second-order valence-corrected chi connectivity index (χ2v) is 8.31. The highest BCUT2D eigenvalue weighted by Crippen LogP contribution is 2.23. The summed E-state index contributed by atoms with van der Waals surface area (Å²) < 4.78 is 5.81. The van der Waals surface area contributed by atoms with Gasteiger partial charge in [-0.2, -0.15) is 0 Å². The maximum absolute atomic E-state index is 12.3. The van der Waals surface area contributed by atoms with Gasteiger partial charge in [-0.25, -0.2) is 0 Å². The van der Waals surface area contributed by atoms with E-state index in [4.69, 9.17) is 33.0 Å². The minimum Gasteiger partial charge on any atom is -0.489 e. The number of nitrogens with zero attached hydrogens (tertiary/aromatic N) is 2. The van der Waals surface area contributed by atoms with Gasteiger partial charge in [0.1, 0.15) is 12.4 Å². The van der Waals surface area contributed by atoms with Crippen LogP contribution in [-0.4, -0.2) is 54.1 Å². The zero-order valence-electron chi connectivity index (χ0n) is 16.5. The van der Waals surface area contributed by atoms with Crippen molar-refractivity contribution in [3.05, 3.63) is 63.6 Å². The maximum atomic E-state index is 12.3. The molecule has 2 aromatic rings. The zero-order valence-corrected chi connectivity index (χ0v) is 18.0. The van der Waals surface area contributed by atoms with Crippen LogP contribution in [0.5, 0.6) is 5.75 Å². The minimum absolute atomic E-state index is 0.0609. The van der Waals surface area contributed by atoms with Crippen LogP contribution in [-0.2, 0) is 17.9 Å². The van der Waals surface area contributed by atoms with Crippen LogP contribution in [0.4, 0.5) is 0 Å². The van der Waals surface area contributed by atoms with E-state index in [0.717, 1.165) is 30.9 Å². The van der Waals surface area contributed by atoms with Gasteiger partial charge in [-0.05, 0) is 47.9 Å². The Labute approximate surface area is 181 Å². The van der Waals surface area contributed by atoms with Crippen molar-refractivity contribution >= 4 is 29.1 Å². The Balaban J connectivity index is 1.43. The number of hydrogen-bond acceptors (Lipinski definition) is 4. The zero-order chi connectivity index (χ0) is 20.8. The summed E-state index contributed by atoms with van der Waals surface area (Å²) in [4.78, 5) is 16.3. The molecule has 1 heterocycles. The van der Waals surface area contributed by atoms with Gasteiger partial charge in [0.05, 0.1) is 5.92 Å². The Morgan fingerprint density at radius 3 is 2.41 bits per heavy atom. The van der Waals surface area contributed by atoms with Gasteiger partial charge in [0, 0.05) is 49.9 Å². The third-order valence-corrected chi connectivity index (χ3v) is 5.43. The first kappa shape index (κ1) is 21.9. The number of carbonyl (C=O) groups excluding carboxylic acids is 1. The summed E-state index contributed by atoms with van der Waals surface area (Å²) in [6.07, 6.45) is 0.622. The number of amides is 1. The van der Waals surface area contributed by atoms with Crippen LogP contribution in [0.2, 0.25) is 10.0 Å². The molecule has 5 nitrogen and oxygen atoms in total. The van der Waals surface area contributed by atoms with E-state index in [0.29, 0.717) is 29.6 Å². The van der Waals surface area contributed by atoms with Crippen molar-refractivity contribution in [1.29, 1.82) is 0 Å². The quantitative estimate of drug-likeness (QED) is 0.648. The number of rotatable bonds is 9. The molecule has 0 atom stereocenters. The topological polar surface area (TPSA) is 53.0 Å². The predicted molar refractivity (Wildman–Crippen MR) is 115 cm³/mol. The van der Waals surface area contributed by atoms with Crippen molar-refractivity contribution in [2.24, 2.45) is 5.92 Å². The van der Waals surface area contributed by atoms with Gasteiger partial charge >= 0.3 is 0 Å². The molecular weight excluding hydrogens is 411 g/mol. The molecule has 29 heavy (non-hydrogen) atoms. The van der Waals surface area contributed by atoms with E-state index >= 15 is 0 Å². The van der Waals surface area contributed by atoms with Gasteiger partial charge in [-0.15, -0.1) is 0 Å². The summed E-state index contributed by atoms with van der Waals surface area (Å²) in [6, 6.07) is 13.4. The third kappa shape index (κ3) is 6.34. The van der Waals surface area contributed by atoms with Crippen molar-refractivity contribution in [1.82, 2.24) is 9.80 Å². The summed E-state index contributed by atoms with van der Waals surface area (Å²) in [5, 5.41) is 10.1. The first-order chi connectivity index (χ1) is 13.9. The predicted octanol–water partition coefficient (Wildman–Crippen LogP) is 3.85. The van der Waals surface area contributed by atoms with Crippen molar-refractivity contribution in [3.8, 4) is 5.75 Å². The summed E-state index contributed by atoms with van der Waals surface area (Å²) in [5.74, 6) is 1.01. The molecule has 1 amide bonds. The fourth-order valence-corrected chi connectivity index (χ4v) is 3.97. The Hall–Kier alpha value is -1.79. The summed E-state index contributed by atoms with van der Waals surface area (Å²) in [6.45, 7) is 3.48. The van der Waals surface area contributed by atoms with Crippen LogP contribution in [0, 0.1) is 5.92 Å². The number of halogens is 2. The van der Waals surface area contributed by atoms with Crippen molar-refractivity contribution in [2.45, 2.75) is 19.6 Å². The molecule has 1 saturated heterocycles. The van der Waals surface area contributed by atoms with Crippen LogP contribution >= 0.6 is 23.2 Å². The number of carbonyl (C=O) groups is 1. The highest BCUT2D eigenvalue weighted by Gasteiger charge is 2.33. The SMILES string of the molecule is CN(CCCO)C(=O)C1CN(Cc2ccc(OCc3cc(Cl)cc(Cl)c3)cc2)C1. The molecule has 0 unspecified atom stereocenters. The van der Waals surface area contributed by atoms with Crippen molar-refractivity contribution in [2.75, 3.05) is 33.3 Å².